The van der Waals surface area contributed by atoms with Gasteiger partial charge < -0.3 is 24.4 Å². The third-order valence-corrected chi connectivity index (χ3v) is 4.23. The molecule has 1 unspecified atom stereocenters. The minimum Gasteiger partial charge on any atom is -0.388 e. The number of hydrogen-bond acceptors (Lipinski definition) is 5. The normalized spacial score (nSPS) is 26.5. The Morgan fingerprint density at radius 1 is 0.880 bits per heavy atom. The number of ether oxygens (including phenoxy) is 3. The van der Waals surface area contributed by atoms with Gasteiger partial charge in [0.1, 0.15) is 12.2 Å². The minimum absolute atomic E-state index is 0.193. The van der Waals surface area contributed by atoms with Gasteiger partial charge in [0.05, 0.1) is 25.9 Å². The zero-order valence-corrected chi connectivity index (χ0v) is 14.0. The molecule has 1 heterocycles. The summed E-state index contributed by atoms with van der Waals surface area (Å²) in [6.07, 6.45) is -2.68. The van der Waals surface area contributed by atoms with Gasteiger partial charge in [-0.2, -0.15) is 0 Å². The Bertz CT molecular complexity index is 618. The molecule has 2 aromatic rings. The lowest BCUT2D eigenvalue weighted by atomic mass is 10.0. The van der Waals surface area contributed by atoms with Gasteiger partial charge in [0, 0.05) is 6.42 Å². The summed E-state index contributed by atoms with van der Waals surface area (Å²) in [6.45, 7) is 1.00. The minimum atomic E-state index is -0.963. The molecule has 0 radical (unpaired) electrons. The van der Waals surface area contributed by atoms with Gasteiger partial charge in [-0.1, -0.05) is 60.7 Å². The first kappa shape index (κ1) is 18.0. The Hall–Kier alpha value is -1.76. The molecule has 0 amide bonds. The van der Waals surface area contributed by atoms with E-state index in [2.05, 4.69) is 0 Å². The van der Waals surface area contributed by atoms with Crippen LogP contribution in [0.1, 0.15) is 17.5 Å². The summed E-state index contributed by atoms with van der Waals surface area (Å²) >= 11 is 0. The second kappa shape index (κ2) is 9.08. The van der Waals surface area contributed by atoms with Crippen molar-refractivity contribution in [3.63, 3.8) is 0 Å². The fraction of sp³-hybridized carbons (Fsp3) is 0.400. The highest BCUT2D eigenvalue weighted by atomic mass is 16.6. The van der Waals surface area contributed by atoms with Crippen molar-refractivity contribution in [2.24, 2.45) is 0 Å². The van der Waals surface area contributed by atoms with Crippen molar-refractivity contribution in [3.05, 3.63) is 71.8 Å². The molecule has 0 spiro atoms. The quantitative estimate of drug-likeness (QED) is 0.806. The molecule has 1 fully saturated rings. The van der Waals surface area contributed by atoms with Gasteiger partial charge >= 0.3 is 0 Å². The molecule has 2 N–H and O–H groups in total. The predicted molar refractivity (Wildman–Crippen MR) is 92.6 cm³/mol. The van der Waals surface area contributed by atoms with Crippen LogP contribution in [0.2, 0.25) is 0 Å². The molecule has 0 aliphatic carbocycles. The molecule has 1 aliphatic heterocycles. The van der Waals surface area contributed by atoms with Gasteiger partial charge in [-0.3, -0.25) is 0 Å². The number of aliphatic hydroxyl groups excluding tert-OH is 2. The Labute approximate surface area is 147 Å². The smallest absolute Gasteiger partial charge is 0.157 e. The summed E-state index contributed by atoms with van der Waals surface area (Å²) in [6, 6.07) is 19.5. The first-order valence-corrected chi connectivity index (χ1v) is 8.51. The van der Waals surface area contributed by atoms with E-state index in [0.29, 0.717) is 13.2 Å². The SMILES string of the molecule is OC1C[C@H](OCc2ccccc2)[C@@H](O)[C@@H](COCc2ccccc2)O1. The molecule has 1 saturated heterocycles. The lowest BCUT2D eigenvalue weighted by molar-refractivity contribution is -0.253. The molecule has 4 atom stereocenters. The molecule has 2 aromatic carbocycles. The molecular formula is C20H24O5. The topological polar surface area (TPSA) is 68.2 Å². The number of rotatable bonds is 7. The molecule has 5 heteroatoms. The number of hydrogen-bond donors (Lipinski definition) is 2. The summed E-state index contributed by atoms with van der Waals surface area (Å²) in [5.41, 5.74) is 2.07. The van der Waals surface area contributed by atoms with E-state index in [9.17, 15) is 10.2 Å². The highest BCUT2D eigenvalue weighted by Gasteiger charge is 2.37. The van der Waals surface area contributed by atoms with Crippen molar-refractivity contribution in [2.45, 2.75) is 44.2 Å². The molecule has 3 rings (SSSR count). The second-order valence-electron chi connectivity index (χ2n) is 6.19. The Morgan fingerprint density at radius 2 is 1.48 bits per heavy atom. The zero-order valence-electron chi connectivity index (χ0n) is 14.0. The monoisotopic (exact) mass is 344 g/mol. The molecule has 134 valence electrons. The van der Waals surface area contributed by atoms with Crippen LogP contribution in [0, 0.1) is 0 Å². The van der Waals surface area contributed by atoms with Crippen LogP contribution in [0.25, 0.3) is 0 Å². The fourth-order valence-electron chi connectivity index (χ4n) is 2.86. The van der Waals surface area contributed by atoms with Crippen LogP contribution >= 0.6 is 0 Å². The van der Waals surface area contributed by atoms with E-state index in [4.69, 9.17) is 14.2 Å². The van der Waals surface area contributed by atoms with Crippen molar-refractivity contribution in [2.75, 3.05) is 6.61 Å². The summed E-state index contributed by atoms with van der Waals surface area (Å²) in [7, 11) is 0. The van der Waals surface area contributed by atoms with Crippen molar-refractivity contribution >= 4 is 0 Å². The van der Waals surface area contributed by atoms with E-state index in [1.54, 1.807) is 0 Å². The Morgan fingerprint density at radius 3 is 2.12 bits per heavy atom. The van der Waals surface area contributed by atoms with Gasteiger partial charge in [0.15, 0.2) is 6.29 Å². The first-order chi connectivity index (χ1) is 12.2. The fourth-order valence-corrected chi connectivity index (χ4v) is 2.86. The lowest BCUT2D eigenvalue weighted by Gasteiger charge is -2.37. The van der Waals surface area contributed by atoms with Crippen LogP contribution in [-0.2, 0) is 27.4 Å². The van der Waals surface area contributed by atoms with Crippen molar-refractivity contribution in [1.82, 2.24) is 0 Å². The van der Waals surface area contributed by atoms with Gasteiger partial charge in [-0.15, -0.1) is 0 Å². The van der Waals surface area contributed by atoms with Crippen LogP contribution in [0.15, 0.2) is 60.7 Å². The Kier molecular flexibility index (Phi) is 6.55. The van der Waals surface area contributed by atoms with E-state index in [1.165, 1.54) is 0 Å². The summed E-state index contributed by atoms with van der Waals surface area (Å²) < 4.78 is 16.9. The molecule has 1 aliphatic rings. The highest BCUT2D eigenvalue weighted by Crippen LogP contribution is 2.23. The van der Waals surface area contributed by atoms with Crippen LogP contribution in [0.4, 0.5) is 0 Å². The van der Waals surface area contributed by atoms with E-state index in [1.807, 2.05) is 60.7 Å². The average molecular weight is 344 g/mol. The second-order valence-corrected chi connectivity index (χ2v) is 6.19. The van der Waals surface area contributed by atoms with Gasteiger partial charge in [0.2, 0.25) is 0 Å². The maximum atomic E-state index is 10.5. The van der Waals surface area contributed by atoms with Crippen molar-refractivity contribution in [3.8, 4) is 0 Å². The zero-order chi connectivity index (χ0) is 17.5. The summed E-state index contributed by atoms with van der Waals surface area (Å²) in [5, 5.41) is 20.4. The van der Waals surface area contributed by atoms with Crippen LogP contribution in [-0.4, -0.2) is 41.4 Å². The average Bonchev–Trinajstić information content (AvgIpc) is 2.65. The van der Waals surface area contributed by atoms with Crippen molar-refractivity contribution < 1.29 is 24.4 Å². The van der Waals surface area contributed by atoms with Gasteiger partial charge in [-0.25, -0.2) is 0 Å². The number of aliphatic hydroxyl groups is 2. The van der Waals surface area contributed by atoms with Crippen LogP contribution in [0.5, 0.6) is 0 Å². The predicted octanol–water partition coefficient (Wildman–Crippen LogP) is 2.26. The summed E-state index contributed by atoms with van der Waals surface area (Å²) in [5.74, 6) is 0. The van der Waals surface area contributed by atoms with Crippen molar-refractivity contribution in [1.29, 1.82) is 0 Å². The van der Waals surface area contributed by atoms with Gasteiger partial charge in [0.25, 0.3) is 0 Å². The van der Waals surface area contributed by atoms with Gasteiger partial charge in [-0.05, 0) is 11.1 Å². The van der Waals surface area contributed by atoms with Crippen LogP contribution < -0.4 is 0 Å². The maximum absolute atomic E-state index is 10.5. The molecule has 0 saturated carbocycles. The van der Waals surface area contributed by atoms with E-state index < -0.39 is 24.6 Å². The highest BCUT2D eigenvalue weighted by molar-refractivity contribution is 5.14. The molecule has 5 nitrogen and oxygen atoms in total. The summed E-state index contributed by atoms with van der Waals surface area (Å²) in [4.78, 5) is 0. The molecule has 0 bridgehead atoms. The Balaban J connectivity index is 1.49. The molecular weight excluding hydrogens is 320 g/mol. The van der Waals surface area contributed by atoms with E-state index in [0.717, 1.165) is 11.1 Å². The van der Waals surface area contributed by atoms with Crippen LogP contribution in [0.3, 0.4) is 0 Å². The third-order valence-electron chi connectivity index (χ3n) is 4.23. The van der Waals surface area contributed by atoms with E-state index >= 15 is 0 Å². The largest absolute Gasteiger partial charge is 0.388 e. The molecule has 0 aromatic heterocycles. The lowest BCUT2D eigenvalue weighted by Crippen LogP contribution is -2.51. The third kappa shape index (κ3) is 5.36. The molecule has 25 heavy (non-hydrogen) atoms. The standard InChI is InChI=1S/C20H24O5/c21-19-11-17(24-13-16-9-5-2-6-10-16)20(22)18(25-19)14-23-12-15-7-3-1-4-8-15/h1-10,17-22H,11-14H2/t17-,18+,19?,20+/m0/s1. The maximum Gasteiger partial charge on any atom is 0.157 e. The van der Waals surface area contributed by atoms with E-state index in [-0.39, 0.29) is 13.0 Å². The first-order valence-electron chi connectivity index (χ1n) is 8.51. The number of benzene rings is 2.